The van der Waals surface area contributed by atoms with Crippen LogP contribution in [0.5, 0.6) is 5.75 Å². The lowest BCUT2D eigenvalue weighted by atomic mass is 10.1. The van der Waals surface area contributed by atoms with Gasteiger partial charge in [0, 0.05) is 32.6 Å². The van der Waals surface area contributed by atoms with Crippen LogP contribution in [0.1, 0.15) is 12.0 Å². The molecule has 0 unspecified atom stereocenters. The molecule has 0 bridgehead atoms. The summed E-state index contributed by atoms with van der Waals surface area (Å²) >= 11 is 0. The van der Waals surface area contributed by atoms with Crippen LogP contribution in [0, 0.1) is 0 Å². The van der Waals surface area contributed by atoms with Gasteiger partial charge >= 0.3 is 12.4 Å². The molecule has 3 amide bonds. The summed E-state index contributed by atoms with van der Waals surface area (Å²) in [5.74, 6) is -0.382. The normalized spacial score (nSPS) is 15.5. The summed E-state index contributed by atoms with van der Waals surface area (Å²) in [4.78, 5) is 24.7. The van der Waals surface area contributed by atoms with Gasteiger partial charge in [0.2, 0.25) is 5.91 Å². The molecule has 0 aliphatic carbocycles. The van der Waals surface area contributed by atoms with Crippen LogP contribution in [0.2, 0.25) is 0 Å². The average molecular weight is 345 g/mol. The van der Waals surface area contributed by atoms with Crippen LogP contribution >= 0.6 is 0 Å². The average Bonchev–Trinajstić information content (AvgIpc) is 2.72. The Balaban J connectivity index is 1.85. The minimum absolute atomic E-state index is 0.108. The number of urea groups is 1. The molecule has 0 aromatic heterocycles. The van der Waals surface area contributed by atoms with Gasteiger partial charge in [-0.3, -0.25) is 4.79 Å². The summed E-state index contributed by atoms with van der Waals surface area (Å²) in [6.07, 6.45) is -4.33. The maximum absolute atomic E-state index is 12.4. The van der Waals surface area contributed by atoms with E-state index in [2.05, 4.69) is 15.4 Å². The molecule has 2 N–H and O–H groups in total. The molecule has 132 valence electrons. The first kappa shape index (κ1) is 17.9. The van der Waals surface area contributed by atoms with Gasteiger partial charge in [-0.25, -0.2) is 4.79 Å². The molecule has 1 aromatic rings. The summed E-state index contributed by atoms with van der Waals surface area (Å²) in [5, 5.41) is 5.30. The molecular formula is C15H18F3N3O3. The van der Waals surface area contributed by atoms with Crippen LogP contribution in [0.4, 0.5) is 18.0 Å². The van der Waals surface area contributed by atoms with Crippen LogP contribution in [-0.2, 0) is 11.2 Å². The van der Waals surface area contributed by atoms with Crippen LogP contribution in [0.3, 0.4) is 0 Å². The number of amides is 3. The standard InChI is InChI=1S/C15H18F3N3O3/c16-15(17,18)24-12-4-2-1-3-11(12)5-7-20-14(23)21-9-6-13(22)19-8-10-21/h1-4H,5-10H2,(H,19,22)(H,20,23). The first-order valence-electron chi connectivity index (χ1n) is 7.48. The number of hydrogen-bond donors (Lipinski definition) is 2. The Morgan fingerprint density at radius 3 is 2.79 bits per heavy atom. The molecule has 9 heteroatoms. The first-order valence-corrected chi connectivity index (χ1v) is 7.48. The minimum Gasteiger partial charge on any atom is -0.406 e. The topological polar surface area (TPSA) is 70.7 Å². The van der Waals surface area contributed by atoms with Crippen molar-refractivity contribution in [2.75, 3.05) is 26.2 Å². The SMILES string of the molecule is O=C1CCN(C(=O)NCCc2ccccc2OC(F)(F)F)CCN1. The first-order chi connectivity index (χ1) is 11.3. The molecule has 0 saturated carbocycles. The highest BCUT2D eigenvalue weighted by atomic mass is 19.4. The van der Waals surface area contributed by atoms with Gasteiger partial charge in [-0.15, -0.1) is 13.2 Å². The molecule has 0 spiro atoms. The van der Waals surface area contributed by atoms with E-state index >= 15 is 0 Å². The third-order valence-corrected chi connectivity index (χ3v) is 3.47. The molecule has 1 aromatic carbocycles. The zero-order chi connectivity index (χ0) is 17.6. The van der Waals surface area contributed by atoms with Crippen LogP contribution in [-0.4, -0.2) is 49.4 Å². The van der Waals surface area contributed by atoms with Gasteiger partial charge in [0.05, 0.1) is 0 Å². The van der Waals surface area contributed by atoms with Crippen molar-refractivity contribution in [3.05, 3.63) is 29.8 Å². The Hall–Kier alpha value is -2.45. The van der Waals surface area contributed by atoms with E-state index in [1.807, 2.05) is 0 Å². The van der Waals surface area contributed by atoms with E-state index in [4.69, 9.17) is 0 Å². The second-order valence-electron chi connectivity index (χ2n) is 5.22. The quantitative estimate of drug-likeness (QED) is 0.872. The van der Waals surface area contributed by atoms with Gasteiger partial charge in [-0.2, -0.15) is 0 Å². The number of hydrogen-bond acceptors (Lipinski definition) is 3. The van der Waals surface area contributed by atoms with Crippen molar-refractivity contribution < 1.29 is 27.5 Å². The predicted octanol–water partition coefficient (Wildman–Crippen LogP) is 1.66. The highest BCUT2D eigenvalue weighted by Gasteiger charge is 2.31. The zero-order valence-electron chi connectivity index (χ0n) is 12.9. The molecule has 0 atom stereocenters. The van der Waals surface area contributed by atoms with Crippen LogP contribution in [0.15, 0.2) is 24.3 Å². The second-order valence-corrected chi connectivity index (χ2v) is 5.22. The third-order valence-electron chi connectivity index (χ3n) is 3.47. The highest BCUT2D eigenvalue weighted by Crippen LogP contribution is 2.26. The fourth-order valence-corrected chi connectivity index (χ4v) is 2.32. The third kappa shape index (κ3) is 5.64. The molecule has 24 heavy (non-hydrogen) atoms. The number of benzene rings is 1. The van der Waals surface area contributed by atoms with Crippen molar-refractivity contribution in [1.82, 2.24) is 15.5 Å². The van der Waals surface area contributed by atoms with Crippen molar-refractivity contribution in [3.63, 3.8) is 0 Å². The number of nitrogens with one attached hydrogen (secondary N) is 2. The van der Waals surface area contributed by atoms with Crippen molar-refractivity contribution in [3.8, 4) is 5.75 Å². The van der Waals surface area contributed by atoms with Crippen molar-refractivity contribution in [2.24, 2.45) is 0 Å². The van der Waals surface area contributed by atoms with Crippen LogP contribution < -0.4 is 15.4 Å². The number of rotatable bonds is 4. The number of ether oxygens (including phenoxy) is 1. The van der Waals surface area contributed by atoms with Crippen molar-refractivity contribution >= 4 is 11.9 Å². The smallest absolute Gasteiger partial charge is 0.406 e. The van der Waals surface area contributed by atoms with Gasteiger partial charge in [0.25, 0.3) is 0 Å². The molecule has 1 saturated heterocycles. The number of halogens is 3. The lowest BCUT2D eigenvalue weighted by Crippen LogP contribution is -2.42. The molecule has 0 radical (unpaired) electrons. The van der Waals surface area contributed by atoms with E-state index in [9.17, 15) is 22.8 Å². The fourth-order valence-electron chi connectivity index (χ4n) is 2.32. The maximum atomic E-state index is 12.4. The second kappa shape index (κ2) is 7.89. The molecule has 1 aliphatic heterocycles. The van der Waals surface area contributed by atoms with Gasteiger partial charge in [0.1, 0.15) is 5.75 Å². The molecule has 1 aliphatic rings. The number of para-hydroxylation sites is 1. The Kier molecular flexibility index (Phi) is 5.88. The number of alkyl halides is 3. The van der Waals surface area contributed by atoms with E-state index < -0.39 is 6.36 Å². The predicted molar refractivity (Wildman–Crippen MR) is 79.4 cm³/mol. The number of carbonyl (C=O) groups excluding carboxylic acids is 2. The summed E-state index contributed by atoms with van der Waals surface area (Å²) in [7, 11) is 0. The van der Waals surface area contributed by atoms with E-state index in [1.165, 1.54) is 23.1 Å². The molecule has 1 fully saturated rings. The van der Waals surface area contributed by atoms with Crippen LogP contribution in [0.25, 0.3) is 0 Å². The van der Waals surface area contributed by atoms with E-state index in [1.54, 1.807) is 6.07 Å². The van der Waals surface area contributed by atoms with E-state index in [0.29, 0.717) is 25.2 Å². The van der Waals surface area contributed by atoms with E-state index in [-0.39, 0.29) is 37.1 Å². The lowest BCUT2D eigenvalue weighted by Gasteiger charge is -2.20. The number of nitrogens with zero attached hydrogens (tertiary/aromatic N) is 1. The highest BCUT2D eigenvalue weighted by molar-refractivity contribution is 5.79. The summed E-state index contributed by atoms with van der Waals surface area (Å²) < 4.78 is 41.0. The van der Waals surface area contributed by atoms with Gasteiger partial charge < -0.3 is 20.3 Å². The molecule has 6 nitrogen and oxygen atoms in total. The fraction of sp³-hybridized carbons (Fsp3) is 0.467. The Labute approximate surface area is 137 Å². The van der Waals surface area contributed by atoms with Crippen molar-refractivity contribution in [1.29, 1.82) is 0 Å². The number of carbonyl (C=O) groups is 2. The summed E-state index contributed by atoms with van der Waals surface area (Å²) in [5.41, 5.74) is 0.350. The molecule has 1 heterocycles. The lowest BCUT2D eigenvalue weighted by molar-refractivity contribution is -0.274. The van der Waals surface area contributed by atoms with E-state index in [0.717, 1.165) is 0 Å². The molecular weight excluding hydrogens is 327 g/mol. The monoisotopic (exact) mass is 345 g/mol. The Bertz CT molecular complexity index is 593. The maximum Gasteiger partial charge on any atom is 0.573 e. The van der Waals surface area contributed by atoms with Crippen molar-refractivity contribution in [2.45, 2.75) is 19.2 Å². The zero-order valence-corrected chi connectivity index (χ0v) is 12.9. The summed E-state index contributed by atoms with van der Waals surface area (Å²) in [6.45, 7) is 1.25. The Morgan fingerprint density at radius 1 is 1.29 bits per heavy atom. The Morgan fingerprint density at radius 2 is 2.04 bits per heavy atom. The van der Waals surface area contributed by atoms with Gasteiger partial charge in [-0.05, 0) is 18.1 Å². The summed E-state index contributed by atoms with van der Waals surface area (Å²) in [6, 6.07) is 5.45. The molecule has 2 rings (SSSR count). The van der Waals surface area contributed by atoms with Gasteiger partial charge in [-0.1, -0.05) is 18.2 Å². The largest absolute Gasteiger partial charge is 0.573 e. The van der Waals surface area contributed by atoms with Gasteiger partial charge in [0.15, 0.2) is 0 Å². The minimum atomic E-state index is -4.76.